The van der Waals surface area contributed by atoms with Gasteiger partial charge in [-0.2, -0.15) is 0 Å². The van der Waals surface area contributed by atoms with E-state index in [0.717, 1.165) is 14.4 Å². The van der Waals surface area contributed by atoms with Gasteiger partial charge in [-0.3, -0.25) is 0 Å². The monoisotopic (exact) mass is 651 g/mol. The Morgan fingerprint density at radius 2 is 1.20 bits per heavy atom. The Bertz CT molecular complexity index is 1790. The molecule has 3 heterocycles. The van der Waals surface area contributed by atoms with Crippen molar-refractivity contribution in [3.63, 3.8) is 0 Å². The molecule has 0 atom stereocenters. The van der Waals surface area contributed by atoms with Gasteiger partial charge in [0.1, 0.15) is 0 Å². The molecule has 5 aromatic rings. The van der Waals surface area contributed by atoms with Crippen LogP contribution >= 0.6 is 0 Å². The fourth-order valence-electron chi connectivity index (χ4n) is 7.18. The molecule has 1 fully saturated rings. The molecule has 1 saturated heterocycles. The number of anilines is 3. The summed E-state index contributed by atoms with van der Waals surface area (Å²) in [5, 5.41) is 5.14. The van der Waals surface area contributed by atoms with Crippen molar-refractivity contribution in [1.29, 1.82) is 0 Å². The fraction of sp³-hybridized carbons (Fsp3) is 0.143. The van der Waals surface area contributed by atoms with Crippen LogP contribution in [0.4, 0.5) is 15.1 Å². The average Bonchev–Trinajstić information content (AvgIpc) is 3.55. The van der Waals surface area contributed by atoms with E-state index < -0.39 is 28.5 Å². The minimum atomic E-state index is -1.80. The van der Waals surface area contributed by atoms with Crippen molar-refractivity contribution in [3.05, 3.63) is 117 Å². The van der Waals surface area contributed by atoms with Crippen molar-refractivity contribution in [3.8, 4) is 0 Å². The summed E-state index contributed by atoms with van der Waals surface area (Å²) in [6.45, 7) is 0. The van der Waals surface area contributed by atoms with Crippen LogP contribution in [0.2, 0.25) is 12.1 Å². The van der Waals surface area contributed by atoms with E-state index in [2.05, 4.69) is 65.6 Å². The number of hydrogen-bond donors (Lipinski definition) is 0. The van der Waals surface area contributed by atoms with Gasteiger partial charge in [0.2, 0.25) is 0 Å². The molecule has 0 saturated carbocycles. The van der Waals surface area contributed by atoms with Gasteiger partial charge in [0.25, 0.3) is 0 Å². The minimum absolute atomic E-state index is 0.147. The van der Waals surface area contributed by atoms with Gasteiger partial charge in [-0.25, -0.2) is 0 Å². The molecule has 4 aromatic carbocycles. The third-order valence-corrected chi connectivity index (χ3v) is 17.2. The van der Waals surface area contributed by atoms with Gasteiger partial charge in [-0.15, -0.1) is 0 Å². The van der Waals surface area contributed by atoms with Crippen LogP contribution in [-0.4, -0.2) is 40.1 Å². The first kappa shape index (κ1) is 24.3. The molecule has 0 radical (unpaired) electrons. The third kappa shape index (κ3) is 3.55. The van der Waals surface area contributed by atoms with Gasteiger partial charge >= 0.3 is 246 Å². The summed E-state index contributed by atoms with van der Waals surface area (Å²) in [6, 6.07) is 36.9. The van der Waals surface area contributed by atoms with E-state index in [4.69, 9.17) is 0 Å². The summed E-state index contributed by atoms with van der Waals surface area (Å²) in [5.74, 6) is -0.294. The second-order valence-corrected chi connectivity index (χ2v) is 18.5. The van der Waals surface area contributed by atoms with Crippen molar-refractivity contribution in [2.24, 2.45) is 0 Å². The molecule has 8 rings (SSSR count). The zero-order valence-electron chi connectivity index (χ0n) is 22.0. The summed E-state index contributed by atoms with van der Waals surface area (Å²) in [5.41, 5.74) is 4.07. The molecule has 0 N–H and O–H groups in total. The first-order valence-electron chi connectivity index (χ1n) is 14.1. The SMILES string of the molecule is O=C1C(=Cc2ccc(N3c4ccccc4[Si]4(CCCCC4)c4ccccc43)[te]2)C(=O)c2cc3ccccc3cc21. The van der Waals surface area contributed by atoms with Gasteiger partial charge in [0.05, 0.1) is 0 Å². The van der Waals surface area contributed by atoms with Crippen LogP contribution in [0.5, 0.6) is 0 Å². The number of allylic oxidation sites excluding steroid dienone is 1. The summed E-state index contributed by atoms with van der Waals surface area (Å²) >= 11 is -0.809. The van der Waals surface area contributed by atoms with Crippen molar-refractivity contribution >= 4 is 82.4 Å². The van der Waals surface area contributed by atoms with Crippen molar-refractivity contribution in [2.45, 2.75) is 31.4 Å². The van der Waals surface area contributed by atoms with Crippen molar-refractivity contribution in [1.82, 2.24) is 0 Å². The third-order valence-electron chi connectivity index (χ3n) is 9.01. The Labute approximate surface area is 244 Å². The number of ketones is 2. The van der Waals surface area contributed by atoms with Crippen LogP contribution in [0.25, 0.3) is 16.8 Å². The van der Waals surface area contributed by atoms with E-state index in [-0.39, 0.29) is 11.6 Å². The quantitative estimate of drug-likeness (QED) is 0.119. The molecule has 5 heteroatoms. The zero-order valence-corrected chi connectivity index (χ0v) is 25.4. The topological polar surface area (TPSA) is 37.4 Å². The van der Waals surface area contributed by atoms with Gasteiger partial charge in [-0.1, -0.05) is 0 Å². The molecule has 3 nitrogen and oxygen atoms in total. The number of carbonyl (C=O) groups excluding carboxylic acids is 2. The molecule has 194 valence electrons. The molecule has 0 bridgehead atoms. The molecule has 1 aromatic heterocycles. The van der Waals surface area contributed by atoms with Gasteiger partial charge < -0.3 is 0 Å². The second kappa shape index (κ2) is 9.28. The first-order chi connectivity index (χ1) is 19.6. The Morgan fingerprint density at radius 1 is 0.650 bits per heavy atom. The van der Waals surface area contributed by atoms with E-state index in [9.17, 15) is 9.59 Å². The van der Waals surface area contributed by atoms with Gasteiger partial charge in [0.15, 0.2) is 0 Å². The van der Waals surface area contributed by atoms with Crippen LogP contribution < -0.4 is 15.3 Å². The molecular formula is C35H27NO2SiTe. The summed E-state index contributed by atoms with van der Waals surface area (Å²) < 4.78 is 2.44. The van der Waals surface area contributed by atoms with Gasteiger partial charge in [-0.05, 0) is 0 Å². The number of carbonyl (C=O) groups is 2. The predicted molar refractivity (Wildman–Crippen MR) is 167 cm³/mol. The van der Waals surface area contributed by atoms with Crippen LogP contribution in [0, 0.1) is 0 Å². The molecule has 3 aliphatic rings. The number of benzene rings is 4. The van der Waals surface area contributed by atoms with E-state index in [1.54, 1.807) is 10.4 Å². The fourth-order valence-corrected chi connectivity index (χ4v) is 15.5. The average molecular weight is 649 g/mol. The summed E-state index contributed by atoms with van der Waals surface area (Å²) in [4.78, 5) is 29.3. The van der Waals surface area contributed by atoms with E-state index in [0.29, 0.717) is 16.7 Å². The number of Topliss-reactive ketones (excluding diaryl/α,β-unsaturated/α-hetero) is 2. The molecular weight excluding hydrogens is 622 g/mol. The number of para-hydroxylation sites is 2. The van der Waals surface area contributed by atoms with Crippen molar-refractivity contribution in [2.75, 3.05) is 4.90 Å². The maximum atomic E-state index is 13.4. The van der Waals surface area contributed by atoms with E-state index >= 15 is 0 Å². The second-order valence-electron chi connectivity index (χ2n) is 11.1. The molecule has 40 heavy (non-hydrogen) atoms. The standard InChI is InChI=1S/C35H27NO2SiTe/c37-34-26-20-23-10-2-3-11-24(23)21-27(26)35(38)28(34)22-25-16-17-33(40-25)36-29-12-4-6-14-31(29)39(18-8-1-9-19-39)32-15-7-5-13-30(32)36/h2-7,10-17,20-22H,1,8-9,18-19H2. The first-order valence-corrected chi connectivity index (χ1v) is 18.8. The maximum absolute atomic E-state index is 13.4. The molecule has 0 amide bonds. The Balaban J connectivity index is 1.21. The Kier molecular flexibility index (Phi) is 5.64. The van der Waals surface area contributed by atoms with Gasteiger partial charge in [0, 0.05) is 0 Å². The van der Waals surface area contributed by atoms with Crippen LogP contribution in [0.3, 0.4) is 0 Å². The number of fused-ring (bicyclic) bond motifs is 6. The Morgan fingerprint density at radius 3 is 1.80 bits per heavy atom. The molecule has 1 spiro atoms. The van der Waals surface area contributed by atoms with Crippen molar-refractivity contribution < 1.29 is 9.59 Å². The predicted octanol–water partition coefficient (Wildman–Crippen LogP) is 6.89. The van der Waals surface area contributed by atoms with Crippen LogP contribution in [0.1, 0.15) is 43.6 Å². The summed E-state index contributed by atoms with van der Waals surface area (Å²) in [6.07, 6.45) is 5.88. The van der Waals surface area contributed by atoms with E-state index in [1.165, 1.54) is 46.4 Å². The number of nitrogens with zero attached hydrogens (tertiary/aromatic N) is 1. The number of hydrogen-bond acceptors (Lipinski definition) is 3. The zero-order chi connectivity index (χ0) is 26.8. The summed E-state index contributed by atoms with van der Waals surface area (Å²) in [7, 11) is -1.80. The van der Waals surface area contributed by atoms with Crippen LogP contribution in [0.15, 0.2) is 103 Å². The molecule has 1 aliphatic carbocycles. The van der Waals surface area contributed by atoms with Crippen LogP contribution in [-0.2, 0) is 0 Å². The normalized spacial score (nSPS) is 17.2. The van der Waals surface area contributed by atoms with E-state index in [1.807, 2.05) is 42.5 Å². The molecule has 2 aliphatic heterocycles. The molecule has 0 unspecified atom stereocenters. The number of rotatable bonds is 2. The Hall–Kier alpha value is -3.49.